The van der Waals surface area contributed by atoms with Crippen LogP contribution in [0.3, 0.4) is 0 Å². The van der Waals surface area contributed by atoms with Crippen molar-refractivity contribution in [3.8, 4) is 0 Å². The Balaban J connectivity index is 1.54. The molecule has 3 rings (SSSR count). The Bertz CT molecular complexity index is 571. The van der Waals surface area contributed by atoms with E-state index in [2.05, 4.69) is 16.0 Å². The first kappa shape index (κ1) is 17.0. The quantitative estimate of drug-likeness (QED) is 0.778. The zero-order valence-corrected chi connectivity index (χ0v) is 14.3. The molecule has 2 aliphatic rings. The molecule has 0 spiro atoms. The van der Waals surface area contributed by atoms with Gasteiger partial charge in [-0.2, -0.15) is 0 Å². The maximum absolute atomic E-state index is 12.5. The van der Waals surface area contributed by atoms with E-state index in [-0.39, 0.29) is 17.9 Å². The van der Waals surface area contributed by atoms with Crippen LogP contribution in [0.5, 0.6) is 0 Å². The molecule has 3 atom stereocenters. The van der Waals surface area contributed by atoms with E-state index in [1.165, 1.54) is 25.7 Å². The third-order valence-electron chi connectivity index (χ3n) is 5.13. The summed E-state index contributed by atoms with van der Waals surface area (Å²) in [4.78, 5) is 24.3. The molecule has 1 saturated carbocycles. The van der Waals surface area contributed by atoms with Crippen LogP contribution in [-0.4, -0.2) is 30.4 Å². The van der Waals surface area contributed by atoms with Gasteiger partial charge in [0.05, 0.1) is 6.04 Å². The van der Waals surface area contributed by atoms with E-state index < -0.39 is 0 Å². The molecule has 130 valence electrons. The minimum atomic E-state index is -0.0920. The summed E-state index contributed by atoms with van der Waals surface area (Å²) in [6.45, 7) is 2.69. The van der Waals surface area contributed by atoms with Crippen molar-refractivity contribution in [2.75, 3.05) is 11.9 Å². The molecule has 1 saturated heterocycles. The van der Waals surface area contributed by atoms with Crippen molar-refractivity contribution in [3.05, 3.63) is 29.8 Å². The van der Waals surface area contributed by atoms with Gasteiger partial charge in [-0.25, -0.2) is 0 Å². The van der Waals surface area contributed by atoms with Gasteiger partial charge in [0.15, 0.2) is 0 Å². The average molecular weight is 329 g/mol. The number of amides is 2. The molecule has 2 amide bonds. The van der Waals surface area contributed by atoms with E-state index in [1.807, 2.05) is 6.92 Å². The van der Waals surface area contributed by atoms with Crippen LogP contribution in [0.2, 0.25) is 0 Å². The van der Waals surface area contributed by atoms with E-state index in [4.69, 9.17) is 0 Å². The van der Waals surface area contributed by atoms with Gasteiger partial charge in [-0.05, 0) is 55.9 Å². The second-order valence-electron chi connectivity index (χ2n) is 6.93. The number of fused-ring (bicyclic) bond motifs is 1. The molecule has 1 aromatic carbocycles. The lowest BCUT2D eigenvalue weighted by atomic mass is 9.85. The van der Waals surface area contributed by atoms with Crippen molar-refractivity contribution in [2.45, 2.75) is 57.5 Å². The molecule has 2 fully saturated rings. The number of rotatable bonds is 5. The van der Waals surface area contributed by atoms with Gasteiger partial charge >= 0.3 is 0 Å². The van der Waals surface area contributed by atoms with Gasteiger partial charge in [0.1, 0.15) is 0 Å². The Hall–Kier alpha value is -1.88. The first-order valence-corrected chi connectivity index (χ1v) is 9.12. The summed E-state index contributed by atoms with van der Waals surface area (Å²) in [6, 6.07) is 7.51. The highest BCUT2D eigenvalue weighted by Crippen LogP contribution is 2.33. The van der Waals surface area contributed by atoms with E-state index in [0.717, 1.165) is 18.5 Å². The highest BCUT2D eigenvalue weighted by molar-refractivity contribution is 5.97. The molecule has 0 bridgehead atoms. The van der Waals surface area contributed by atoms with Crippen molar-refractivity contribution < 1.29 is 9.59 Å². The second kappa shape index (κ2) is 7.79. The summed E-state index contributed by atoms with van der Waals surface area (Å²) >= 11 is 0. The normalized spacial score (nSPS) is 25.8. The lowest BCUT2D eigenvalue weighted by Crippen LogP contribution is -2.39. The van der Waals surface area contributed by atoms with Crippen LogP contribution in [0.1, 0.15) is 55.8 Å². The number of carbonyl (C=O) groups is 2. The fourth-order valence-electron chi connectivity index (χ4n) is 3.80. The standard InChI is InChI=1S/C19H27N3O2/c1-2-11-20-18(23)13-7-9-15(10-8-13)21-19(24)17-12-14-5-3-4-6-16(14)22-17/h7-10,14,16-17,22H,2-6,11-12H2,1H3,(H,20,23)(H,21,24). The lowest BCUT2D eigenvalue weighted by molar-refractivity contribution is -0.117. The van der Waals surface area contributed by atoms with Crippen molar-refractivity contribution >= 4 is 17.5 Å². The number of carbonyl (C=O) groups excluding carboxylic acids is 2. The van der Waals surface area contributed by atoms with Gasteiger partial charge in [0.2, 0.25) is 5.91 Å². The van der Waals surface area contributed by atoms with Gasteiger partial charge in [-0.15, -0.1) is 0 Å². The largest absolute Gasteiger partial charge is 0.352 e. The first-order chi connectivity index (χ1) is 11.7. The lowest BCUT2D eigenvalue weighted by Gasteiger charge is -2.24. The van der Waals surface area contributed by atoms with Crippen LogP contribution >= 0.6 is 0 Å². The summed E-state index contributed by atoms with van der Waals surface area (Å²) in [6.07, 6.45) is 6.84. The van der Waals surface area contributed by atoms with Gasteiger partial charge in [-0.1, -0.05) is 19.8 Å². The summed E-state index contributed by atoms with van der Waals surface area (Å²) in [5.41, 5.74) is 1.36. The molecular formula is C19H27N3O2. The molecule has 1 aromatic rings. The Morgan fingerprint density at radius 1 is 1.17 bits per heavy atom. The average Bonchev–Trinajstić information content (AvgIpc) is 3.04. The van der Waals surface area contributed by atoms with Crippen LogP contribution in [0, 0.1) is 5.92 Å². The van der Waals surface area contributed by atoms with Crippen molar-refractivity contribution in [1.82, 2.24) is 10.6 Å². The molecule has 3 N–H and O–H groups in total. The maximum Gasteiger partial charge on any atom is 0.251 e. The van der Waals surface area contributed by atoms with E-state index in [0.29, 0.717) is 24.1 Å². The minimum Gasteiger partial charge on any atom is -0.352 e. The van der Waals surface area contributed by atoms with Gasteiger partial charge < -0.3 is 16.0 Å². The minimum absolute atomic E-state index is 0.0348. The topological polar surface area (TPSA) is 70.2 Å². The molecule has 0 radical (unpaired) electrons. The molecule has 5 heteroatoms. The van der Waals surface area contributed by atoms with Crippen molar-refractivity contribution in [1.29, 1.82) is 0 Å². The monoisotopic (exact) mass is 329 g/mol. The number of hydrogen-bond donors (Lipinski definition) is 3. The zero-order valence-electron chi connectivity index (χ0n) is 14.3. The summed E-state index contributed by atoms with van der Waals surface area (Å²) in [7, 11) is 0. The Kier molecular flexibility index (Phi) is 5.51. The number of nitrogens with one attached hydrogen (secondary N) is 3. The van der Waals surface area contributed by atoms with Crippen molar-refractivity contribution in [3.63, 3.8) is 0 Å². The molecule has 5 nitrogen and oxygen atoms in total. The molecule has 3 unspecified atom stereocenters. The number of anilines is 1. The second-order valence-corrected chi connectivity index (χ2v) is 6.93. The molecule has 24 heavy (non-hydrogen) atoms. The molecule has 1 aliphatic carbocycles. The first-order valence-electron chi connectivity index (χ1n) is 9.12. The molecule has 1 heterocycles. The van der Waals surface area contributed by atoms with Crippen LogP contribution in [0.15, 0.2) is 24.3 Å². The Labute approximate surface area is 143 Å². The third-order valence-corrected chi connectivity index (χ3v) is 5.13. The van der Waals surface area contributed by atoms with Crippen molar-refractivity contribution in [2.24, 2.45) is 5.92 Å². The highest BCUT2D eigenvalue weighted by atomic mass is 16.2. The SMILES string of the molecule is CCCNC(=O)c1ccc(NC(=O)C2CC3CCCCC3N2)cc1. The fourth-order valence-corrected chi connectivity index (χ4v) is 3.80. The Morgan fingerprint density at radius 2 is 1.92 bits per heavy atom. The van der Waals surface area contributed by atoms with Gasteiger partial charge in [-0.3, -0.25) is 9.59 Å². The fraction of sp³-hybridized carbons (Fsp3) is 0.579. The zero-order chi connectivity index (χ0) is 16.9. The summed E-state index contributed by atoms with van der Waals surface area (Å²) in [5, 5.41) is 9.31. The number of benzene rings is 1. The summed E-state index contributed by atoms with van der Waals surface area (Å²) < 4.78 is 0. The smallest absolute Gasteiger partial charge is 0.251 e. The van der Waals surface area contributed by atoms with Crippen LogP contribution in [0.4, 0.5) is 5.69 Å². The predicted molar refractivity (Wildman–Crippen MR) is 95.0 cm³/mol. The summed E-state index contributed by atoms with van der Waals surface area (Å²) in [5.74, 6) is 0.614. The Morgan fingerprint density at radius 3 is 2.62 bits per heavy atom. The predicted octanol–water partition coefficient (Wildman–Crippen LogP) is 2.69. The van der Waals surface area contributed by atoms with Gasteiger partial charge in [0, 0.05) is 23.8 Å². The van der Waals surface area contributed by atoms with Crippen LogP contribution in [0.25, 0.3) is 0 Å². The molecular weight excluding hydrogens is 302 g/mol. The number of hydrogen-bond acceptors (Lipinski definition) is 3. The van der Waals surface area contributed by atoms with E-state index in [1.54, 1.807) is 24.3 Å². The third kappa shape index (κ3) is 3.96. The maximum atomic E-state index is 12.5. The van der Waals surface area contributed by atoms with Crippen LogP contribution < -0.4 is 16.0 Å². The highest BCUT2D eigenvalue weighted by Gasteiger charge is 2.38. The molecule has 1 aliphatic heterocycles. The van der Waals surface area contributed by atoms with E-state index >= 15 is 0 Å². The van der Waals surface area contributed by atoms with Crippen LogP contribution in [-0.2, 0) is 4.79 Å². The molecule has 0 aromatic heterocycles. The van der Waals surface area contributed by atoms with Gasteiger partial charge in [0.25, 0.3) is 5.91 Å². The van der Waals surface area contributed by atoms with E-state index in [9.17, 15) is 9.59 Å².